The summed E-state index contributed by atoms with van der Waals surface area (Å²) in [6.07, 6.45) is 2.78. The monoisotopic (exact) mass is 122 g/mol. The van der Waals surface area contributed by atoms with E-state index in [4.69, 9.17) is 11.8 Å². The Balaban J connectivity index is 3.38. The second kappa shape index (κ2) is 5.12. The van der Waals surface area contributed by atoms with E-state index >= 15 is 0 Å². The van der Waals surface area contributed by atoms with Crippen LogP contribution in [0.4, 0.5) is 0 Å². The molecule has 2 heteroatoms. The van der Waals surface area contributed by atoms with E-state index < -0.39 is 6.04 Å². The van der Waals surface area contributed by atoms with Crippen LogP contribution in [0.15, 0.2) is 0 Å². The van der Waals surface area contributed by atoms with Crippen LogP contribution in [-0.4, -0.2) is 6.04 Å². The molecule has 0 amide bonds. The number of hydrogen-bond acceptors (Lipinski definition) is 1. The van der Waals surface area contributed by atoms with Crippen LogP contribution in [0.3, 0.4) is 0 Å². The quantitative estimate of drug-likeness (QED) is 0.526. The minimum Gasteiger partial charge on any atom is -0.297 e. The first-order valence-corrected chi connectivity index (χ1v) is 3.11. The van der Waals surface area contributed by atoms with Gasteiger partial charge in [0, 0.05) is 6.42 Å². The van der Waals surface area contributed by atoms with Gasteiger partial charge in [0.2, 0.25) is 0 Å². The van der Waals surface area contributed by atoms with E-state index in [1.54, 1.807) is 0 Å². The van der Waals surface area contributed by atoms with E-state index in [1.807, 2.05) is 6.07 Å². The largest absolute Gasteiger partial charge is 0.307 e. The molecule has 9 heavy (non-hydrogen) atoms. The second-order valence-electron chi connectivity index (χ2n) is 1.92. The summed E-state index contributed by atoms with van der Waals surface area (Å²) >= 11 is 0. The Morgan fingerprint density at radius 2 is 2.44 bits per heavy atom. The molecule has 0 aliphatic carbocycles. The normalized spacial score (nSPS) is 11.4. The zero-order chi connectivity index (χ0) is 7.11. The molecule has 0 aromatic carbocycles. The molecule has 1 atom stereocenters. The van der Waals surface area contributed by atoms with Crippen molar-refractivity contribution in [3.05, 3.63) is 11.4 Å². The second-order valence-corrected chi connectivity index (χ2v) is 1.92. The summed E-state index contributed by atoms with van der Waals surface area (Å²) in [5, 5.41) is 8.29. The van der Waals surface area contributed by atoms with Gasteiger partial charge in [-0.3, -0.25) is 4.85 Å². The Bertz CT molecular complexity index is 124. The van der Waals surface area contributed by atoms with Crippen LogP contribution in [-0.2, 0) is 0 Å². The van der Waals surface area contributed by atoms with Gasteiger partial charge in [-0.05, 0) is 6.42 Å². The molecule has 0 fully saturated rings. The number of hydrogen-bond donors (Lipinski definition) is 0. The van der Waals surface area contributed by atoms with Gasteiger partial charge in [-0.15, -0.1) is 0 Å². The van der Waals surface area contributed by atoms with Crippen LogP contribution in [0.5, 0.6) is 0 Å². The summed E-state index contributed by atoms with van der Waals surface area (Å²) in [5.41, 5.74) is 0. The lowest BCUT2D eigenvalue weighted by Crippen LogP contribution is -1.95. The lowest BCUT2D eigenvalue weighted by molar-refractivity contribution is 0.708. The molecule has 0 spiro atoms. The molecule has 0 aromatic rings. The molecule has 0 N–H and O–H groups in total. The lowest BCUT2D eigenvalue weighted by atomic mass is 10.1. The molecule has 1 unspecified atom stereocenters. The van der Waals surface area contributed by atoms with Crippen LogP contribution < -0.4 is 0 Å². The third kappa shape index (κ3) is 3.55. The summed E-state index contributed by atoms with van der Waals surface area (Å²) in [4.78, 5) is 3.13. The van der Waals surface area contributed by atoms with Crippen molar-refractivity contribution >= 4 is 0 Å². The van der Waals surface area contributed by atoms with Gasteiger partial charge in [0.25, 0.3) is 0 Å². The molecule has 0 radical (unpaired) electrons. The van der Waals surface area contributed by atoms with Gasteiger partial charge in [-0.1, -0.05) is 13.3 Å². The van der Waals surface area contributed by atoms with E-state index in [9.17, 15) is 0 Å². The van der Waals surface area contributed by atoms with Gasteiger partial charge in [-0.2, -0.15) is 5.26 Å². The van der Waals surface area contributed by atoms with Gasteiger partial charge in [0.15, 0.2) is 6.07 Å². The lowest BCUT2D eigenvalue weighted by Gasteiger charge is -1.91. The van der Waals surface area contributed by atoms with E-state index in [0.29, 0.717) is 0 Å². The van der Waals surface area contributed by atoms with Crippen molar-refractivity contribution in [1.29, 1.82) is 5.26 Å². The van der Waals surface area contributed by atoms with E-state index in [-0.39, 0.29) is 0 Å². The minimum absolute atomic E-state index is 0.398. The molecule has 0 saturated heterocycles. The SMILES string of the molecule is [C-]#[N+]C(C#N)CCCC. The summed E-state index contributed by atoms with van der Waals surface area (Å²) in [6, 6.07) is 1.53. The molecular formula is C7H10N2. The fourth-order valence-electron chi connectivity index (χ4n) is 0.555. The summed E-state index contributed by atoms with van der Waals surface area (Å²) in [6.45, 7) is 8.59. The van der Waals surface area contributed by atoms with E-state index in [1.165, 1.54) is 0 Å². The highest BCUT2D eigenvalue weighted by Gasteiger charge is 2.07. The van der Waals surface area contributed by atoms with Crippen molar-refractivity contribution in [2.45, 2.75) is 32.2 Å². The molecule has 0 heterocycles. The smallest absolute Gasteiger partial charge is 0.297 e. The highest BCUT2D eigenvalue weighted by Crippen LogP contribution is 2.02. The highest BCUT2D eigenvalue weighted by atomic mass is 14.7. The van der Waals surface area contributed by atoms with Gasteiger partial charge in [0.05, 0.1) is 0 Å². The average Bonchev–Trinajstić information content (AvgIpc) is 1.91. The number of nitrogens with zero attached hydrogens (tertiary/aromatic N) is 2. The molecule has 2 nitrogen and oxygen atoms in total. The van der Waals surface area contributed by atoms with Gasteiger partial charge >= 0.3 is 6.04 Å². The number of nitriles is 1. The van der Waals surface area contributed by atoms with Crippen LogP contribution in [0.25, 0.3) is 4.85 Å². The van der Waals surface area contributed by atoms with Crippen molar-refractivity contribution < 1.29 is 0 Å². The first kappa shape index (κ1) is 7.98. The first-order valence-electron chi connectivity index (χ1n) is 3.11. The zero-order valence-electron chi connectivity index (χ0n) is 5.59. The van der Waals surface area contributed by atoms with Gasteiger partial charge in [-0.25, -0.2) is 6.57 Å². The van der Waals surface area contributed by atoms with Crippen molar-refractivity contribution in [3.8, 4) is 6.07 Å². The Hall–Kier alpha value is -1.02. The Morgan fingerprint density at radius 3 is 2.78 bits per heavy atom. The molecule has 48 valence electrons. The molecule has 0 saturated carbocycles. The summed E-state index contributed by atoms with van der Waals surface area (Å²) in [5.74, 6) is 0. The average molecular weight is 122 g/mol. The maximum Gasteiger partial charge on any atom is 0.307 e. The zero-order valence-corrected chi connectivity index (χ0v) is 5.59. The first-order chi connectivity index (χ1) is 4.35. The molecule has 0 bridgehead atoms. The fourth-order valence-corrected chi connectivity index (χ4v) is 0.555. The summed E-state index contributed by atoms with van der Waals surface area (Å²) < 4.78 is 0. The third-order valence-electron chi connectivity index (χ3n) is 1.14. The topological polar surface area (TPSA) is 28.1 Å². The number of rotatable bonds is 3. The molecule has 0 aliphatic heterocycles. The van der Waals surface area contributed by atoms with Crippen LogP contribution in [0.2, 0.25) is 0 Å². The fraction of sp³-hybridized carbons (Fsp3) is 0.714. The Labute approximate surface area is 55.9 Å². The van der Waals surface area contributed by atoms with Gasteiger partial charge in [0.1, 0.15) is 0 Å². The minimum atomic E-state index is -0.398. The maximum atomic E-state index is 8.29. The standard InChI is InChI=1S/C7H10N2/c1-3-4-5-7(6-8)9-2/h7H,3-5H2,1H3. The molecule has 0 aliphatic rings. The van der Waals surface area contributed by atoms with Crippen LogP contribution >= 0.6 is 0 Å². The number of unbranched alkanes of at least 4 members (excludes halogenated alkanes) is 1. The predicted octanol–water partition coefficient (Wildman–Crippen LogP) is 1.99. The van der Waals surface area contributed by atoms with Crippen LogP contribution in [0, 0.1) is 17.9 Å². The van der Waals surface area contributed by atoms with Crippen molar-refractivity contribution in [3.63, 3.8) is 0 Å². The van der Waals surface area contributed by atoms with Crippen molar-refractivity contribution in [1.82, 2.24) is 0 Å². The van der Waals surface area contributed by atoms with Crippen molar-refractivity contribution in [2.24, 2.45) is 0 Å². The molecule has 0 rings (SSSR count). The van der Waals surface area contributed by atoms with Crippen molar-refractivity contribution in [2.75, 3.05) is 0 Å². The molecular weight excluding hydrogens is 112 g/mol. The van der Waals surface area contributed by atoms with E-state index in [0.717, 1.165) is 19.3 Å². The predicted molar refractivity (Wildman–Crippen MR) is 35.5 cm³/mol. The Morgan fingerprint density at radius 1 is 1.78 bits per heavy atom. The molecule has 0 aromatic heterocycles. The maximum absolute atomic E-state index is 8.29. The van der Waals surface area contributed by atoms with Gasteiger partial charge < -0.3 is 0 Å². The third-order valence-corrected chi connectivity index (χ3v) is 1.14. The summed E-state index contributed by atoms with van der Waals surface area (Å²) in [7, 11) is 0. The highest BCUT2D eigenvalue weighted by molar-refractivity contribution is 4.97. The van der Waals surface area contributed by atoms with E-state index in [2.05, 4.69) is 11.8 Å². The van der Waals surface area contributed by atoms with Crippen LogP contribution in [0.1, 0.15) is 26.2 Å². The Kier molecular flexibility index (Phi) is 4.54.